The SMILES string of the molecule is CC1(C)OC[C@H](CCOC(=O)N2C(C)(C)COC2(C)C)O1. The Morgan fingerprint density at radius 3 is 2.33 bits per heavy atom. The topological polar surface area (TPSA) is 57.2 Å². The van der Waals surface area contributed by atoms with Gasteiger partial charge in [-0.3, -0.25) is 4.90 Å². The first kappa shape index (κ1) is 16.5. The molecule has 0 aromatic rings. The maximum absolute atomic E-state index is 12.3. The van der Waals surface area contributed by atoms with Gasteiger partial charge in [-0.15, -0.1) is 0 Å². The highest BCUT2D eigenvalue weighted by Gasteiger charge is 2.49. The van der Waals surface area contributed by atoms with Gasteiger partial charge in [0.2, 0.25) is 0 Å². The minimum Gasteiger partial charge on any atom is -0.449 e. The van der Waals surface area contributed by atoms with Gasteiger partial charge in [0.15, 0.2) is 5.79 Å². The Kier molecular flexibility index (Phi) is 4.26. The van der Waals surface area contributed by atoms with Crippen molar-refractivity contribution in [2.24, 2.45) is 0 Å². The normalized spacial score (nSPS) is 29.6. The summed E-state index contributed by atoms with van der Waals surface area (Å²) in [5.74, 6) is -0.540. The first-order chi connectivity index (χ1) is 9.54. The second-order valence-corrected chi connectivity index (χ2v) is 7.24. The Morgan fingerprint density at radius 1 is 1.19 bits per heavy atom. The molecule has 0 bridgehead atoms. The van der Waals surface area contributed by atoms with Crippen LogP contribution < -0.4 is 0 Å². The molecule has 0 radical (unpaired) electrons. The predicted molar refractivity (Wildman–Crippen MR) is 76.8 cm³/mol. The average Bonchev–Trinajstić information content (AvgIpc) is 2.76. The quantitative estimate of drug-likeness (QED) is 0.801. The molecule has 6 heteroatoms. The van der Waals surface area contributed by atoms with E-state index in [1.807, 2.05) is 41.5 Å². The monoisotopic (exact) mass is 301 g/mol. The van der Waals surface area contributed by atoms with E-state index in [0.717, 1.165) is 0 Å². The smallest absolute Gasteiger partial charge is 0.412 e. The molecular formula is C15H27NO5. The predicted octanol–water partition coefficient (Wildman–Crippen LogP) is 2.51. The Hall–Kier alpha value is -0.850. The van der Waals surface area contributed by atoms with E-state index in [9.17, 15) is 4.79 Å². The summed E-state index contributed by atoms with van der Waals surface area (Å²) in [5.41, 5.74) is -1.01. The fraction of sp³-hybridized carbons (Fsp3) is 0.933. The van der Waals surface area contributed by atoms with E-state index in [1.165, 1.54) is 0 Å². The summed E-state index contributed by atoms with van der Waals surface area (Å²) >= 11 is 0. The number of carbonyl (C=O) groups excluding carboxylic acids is 1. The van der Waals surface area contributed by atoms with Crippen LogP contribution in [0.3, 0.4) is 0 Å². The molecule has 2 aliphatic rings. The number of nitrogens with zero attached hydrogens (tertiary/aromatic N) is 1. The number of amides is 1. The van der Waals surface area contributed by atoms with Crippen LogP contribution >= 0.6 is 0 Å². The van der Waals surface area contributed by atoms with Gasteiger partial charge >= 0.3 is 6.09 Å². The highest BCUT2D eigenvalue weighted by atomic mass is 16.7. The van der Waals surface area contributed by atoms with Gasteiger partial charge in [-0.2, -0.15) is 0 Å². The van der Waals surface area contributed by atoms with Crippen molar-refractivity contribution in [2.45, 2.75) is 71.1 Å². The first-order valence-corrected chi connectivity index (χ1v) is 7.46. The van der Waals surface area contributed by atoms with Crippen LogP contribution in [0, 0.1) is 0 Å². The van der Waals surface area contributed by atoms with Gasteiger partial charge in [0.25, 0.3) is 0 Å². The van der Waals surface area contributed by atoms with E-state index in [4.69, 9.17) is 18.9 Å². The molecule has 0 spiro atoms. The summed E-state index contributed by atoms with van der Waals surface area (Å²) < 4.78 is 22.2. The molecule has 0 N–H and O–H groups in total. The lowest BCUT2D eigenvalue weighted by molar-refractivity contribution is -0.139. The maximum atomic E-state index is 12.3. The largest absolute Gasteiger partial charge is 0.449 e. The number of rotatable bonds is 3. The van der Waals surface area contributed by atoms with Gasteiger partial charge in [0, 0.05) is 6.42 Å². The summed E-state index contributed by atoms with van der Waals surface area (Å²) in [6.07, 6.45) is 0.259. The lowest BCUT2D eigenvalue weighted by Gasteiger charge is -2.36. The van der Waals surface area contributed by atoms with Gasteiger partial charge in [-0.05, 0) is 41.5 Å². The number of ether oxygens (including phenoxy) is 4. The maximum Gasteiger partial charge on any atom is 0.412 e. The number of hydrogen-bond acceptors (Lipinski definition) is 5. The van der Waals surface area contributed by atoms with Crippen molar-refractivity contribution in [1.82, 2.24) is 4.90 Å². The molecule has 21 heavy (non-hydrogen) atoms. The van der Waals surface area contributed by atoms with Gasteiger partial charge in [0.05, 0.1) is 31.5 Å². The van der Waals surface area contributed by atoms with E-state index < -0.39 is 11.5 Å². The van der Waals surface area contributed by atoms with Gasteiger partial charge in [0.1, 0.15) is 5.72 Å². The summed E-state index contributed by atoms with van der Waals surface area (Å²) in [6.45, 7) is 12.8. The molecule has 0 aromatic heterocycles. The summed E-state index contributed by atoms with van der Waals surface area (Å²) in [6, 6.07) is 0. The summed E-state index contributed by atoms with van der Waals surface area (Å²) in [4.78, 5) is 14.0. The molecule has 0 unspecified atom stereocenters. The molecule has 2 saturated heterocycles. The van der Waals surface area contributed by atoms with Crippen LogP contribution in [-0.2, 0) is 18.9 Å². The molecule has 0 aliphatic carbocycles. The van der Waals surface area contributed by atoms with E-state index >= 15 is 0 Å². The van der Waals surface area contributed by atoms with Crippen molar-refractivity contribution in [2.75, 3.05) is 19.8 Å². The standard InChI is InChI=1S/C15H27NO5/c1-13(2)10-20-14(3,4)16(13)12(17)18-8-7-11-9-19-15(5,6)21-11/h11H,7-10H2,1-6H3/t11-/m0/s1. The van der Waals surface area contributed by atoms with E-state index in [1.54, 1.807) is 4.90 Å². The van der Waals surface area contributed by atoms with E-state index in [2.05, 4.69) is 0 Å². The van der Waals surface area contributed by atoms with E-state index in [-0.39, 0.29) is 17.7 Å². The van der Waals surface area contributed by atoms with Gasteiger partial charge in [-0.25, -0.2) is 4.79 Å². The number of hydrogen-bond donors (Lipinski definition) is 0. The van der Waals surface area contributed by atoms with Crippen LogP contribution in [0.4, 0.5) is 4.79 Å². The van der Waals surface area contributed by atoms with Crippen molar-refractivity contribution in [3.05, 3.63) is 0 Å². The van der Waals surface area contributed by atoms with Crippen LogP contribution in [0.25, 0.3) is 0 Å². The second-order valence-electron chi connectivity index (χ2n) is 7.24. The molecule has 122 valence electrons. The third-order valence-corrected chi connectivity index (χ3v) is 3.84. The highest BCUT2D eigenvalue weighted by Crippen LogP contribution is 2.35. The molecule has 6 nitrogen and oxygen atoms in total. The highest BCUT2D eigenvalue weighted by molar-refractivity contribution is 5.69. The summed E-state index contributed by atoms with van der Waals surface area (Å²) in [5, 5.41) is 0. The van der Waals surface area contributed by atoms with Crippen molar-refractivity contribution < 1.29 is 23.7 Å². The van der Waals surface area contributed by atoms with Gasteiger partial charge in [-0.1, -0.05) is 0 Å². The van der Waals surface area contributed by atoms with Crippen LogP contribution in [0.5, 0.6) is 0 Å². The molecule has 2 heterocycles. The zero-order valence-electron chi connectivity index (χ0n) is 13.9. The van der Waals surface area contributed by atoms with Crippen LogP contribution in [0.2, 0.25) is 0 Å². The molecular weight excluding hydrogens is 274 g/mol. The molecule has 1 amide bonds. The Morgan fingerprint density at radius 2 is 1.86 bits per heavy atom. The molecule has 2 aliphatic heterocycles. The molecule has 2 fully saturated rings. The Bertz CT molecular complexity index is 389. The second kappa shape index (κ2) is 5.41. The van der Waals surface area contributed by atoms with Crippen molar-refractivity contribution in [1.29, 1.82) is 0 Å². The van der Waals surface area contributed by atoms with Crippen LogP contribution in [-0.4, -0.2) is 54.0 Å². The first-order valence-electron chi connectivity index (χ1n) is 7.46. The Labute approximate surface area is 126 Å². The molecule has 0 aromatic carbocycles. The van der Waals surface area contributed by atoms with Gasteiger partial charge < -0.3 is 18.9 Å². The average molecular weight is 301 g/mol. The minimum absolute atomic E-state index is 0.0244. The van der Waals surface area contributed by atoms with Crippen molar-refractivity contribution >= 4 is 6.09 Å². The zero-order chi connectivity index (χ0) is 15.9. The van der Waals surface area contributed by atoms with Crippen LogP contribution in [0.15, 0.2) is 0 Å². The minimum atomic E-state index is -0.643. The zero-order valence-corrected chi connectivity index (χ0v) is 13.9. The summed E-state index contributed by atoms with van der Waals surface area (Å²) in [7, 11) is 0. The molecule has 2 rings (SSSR count). The lowest BCUT2D eigenvalue weighted by Crippen LogP contribution is -2.53. The Balaban J connectivity index is 1.82. The van der Waals surface area contributed by atoms with Crippen molar-refractivity contribution in [3.8, 4) is 0 Å². The lowest BCUT2D eigenvalue weighted by atomic mass is 10.0. The fourth-order valence-electron chi connectivity index (χ4n) is 2.93. The van der Waals surface area contributed by atoms with Crippen LogP contribution in [0.1, 0.15) is 48.0 Å². The van der Waals surface area contributed by atoms with E-state index in [0.29, 0.717) is 26.2 Å². The fourth-order valence-corrected chi connectivity index (χ4v) is 2.93. The number of carbonyl (C=O) groups is 1. The third kappa shape index (κ3) is 3.67. The molecule has 1 atom stereocenters. The molecule has 0 saturated carbocycles. The third-order valence-electron chi connectivity index (χ3n) is 3.84. The van der Waals surface area contributed by atoms with Crippen molar-refractivity contribution in [3.63, 3.8) is 0 Å².